The molecule has 0 rings (SSSR count). The molecule has 0 heterocycles. The summed E-state index contributed by atoms with van der Waals surface area (Å²) in [5, 5.41) is 0. The van der Waals surface area contributed by atoms with Crippen LogP contribution in [0.4, 0.5) is 0 Å². The monoisotopic (exact) mass is 264 g/mol. The molecule has 5 heteroatoms. The summed E-state index contributed by atoms with van der Waals surface area (Å²) in [7, 11) is -0.938. The van der Waals surface area contributed by atoms with Gasteiger partial charge in [0.1, 0.15) is 6.10 Å². The van der Waals surface area contributed by atoms with Gasteiger partial charge >= 0.3 is 5.97 Å². The molecule has 0 amide bonds. The highest BCUT2D eigenvalue weighted by atomic mass is 32.2. The summed E-state index contributed by atoms with van der Waals surface area (Å²) in [5.74, 6) is 0.678. The van der Waals surface area contributed by atoms with Crippen LogP contribution in [0.1, 0.15) is 40.5 Å². The van der Waals surface area contributed by atoms with E-state index in [9.17, 15) is 9.00 Å². The van der Waals surface area contributed by atoms with Crippen molar-refractivity contribution in [3.63, 3.8) is 0 Å². The normalized spacial score (nSPS) is 14.6. The van der Waals surface area contributed by atoms with Gasteiger partial charge in [-0.3, -0.25) is 9.00 Å². The van der Waals surface area contributed by atoms with E-state index in [1.165, 1.54) is 6.92 Å². The van der Waals surface area contributed by atoms with Crippen LogP contribution in [0, 0.1) is 0 Å². The lowest BCUT2D eigenvalue weighted by molar-refractivity contribution is -0.148. The summed E-state index contributed by atoms with van der Waals surface area (Å²) < 4.78 is 22.2. The Balaban J connectivity index is 4.08. The average Bonchev–Trinajstić information content (AvgIpc) is 2.22. The first-order chi connectivity index (χ1) is 7.95. The summed E-state index contributed by atoms with van der Waals surface area (Å²) in [4.78, 5) is 10.9. The summed E-state index contributed by atoms with van der Waals surface area (Å²) in [6.45, 7) is 7.56. The van der Waals surface area contributed by atoms with Gasteiger partial charge in [0.2, 0.25) is 0 Å². The number of carbonyl (C=O) groups excluding carboxylic acids is 1. The van der Waals surface area contributed by atoms with E-state index in [-0.39, 0.29) is 12.1 Å². The van der Waals surface area contributed by atoms with Gasteiger partial charge in [-0.1, -0.05) is 13.3 Å². The van der Waals surface area contributed by atoms with E-state index < -0.39 is 16.9 Å². The Morgan fingerprint density at radius 2 is 2.00 bits per heavy atom. The maximum Gasteiger partial charge on any atom is 0.303 e. The van der Waals surface area contributed by atoms with E-state index in [1.54, 1.807) is 0 Å². The molecule has 0 aromatic heterocycles. The Hall–Kier alpha value is -0.420. The largest absolute Gasteiger partial charge is 0.459 e. The van der Waals surface area contributed by atoms with Gasteiger partial charge in [0.05, 0.1) is 18.5 Å². The highest BCUT2D eigenvalue weighted by molar-refractivity contribution is 7.85. The van der Waals surface area contributed by atoms with Crippen LogP contribution in [0.25, 0.3) is 0 Å². The van der Waals surface area contributed by atoms with Gasteiger partial charge in [0.15, 0.2) is 0 Å². The van der Waals surface area contributed by atoms with Gasteiger partial charge in [-0.15, -0.1) is 0 Å². The number of hydrogen-bond acceptors (Lipinski definition) is 4. The quantitative estimate of drug-likeness (QED) is 0.597. The first-order valence-corrected chi connectivity index (χ1v) is 7.58. The lowest BCUT2D eigenvalue weighted by Gasteiger charge is -2.18. The van der Waals surface area contributed by atoms with Gasteiger partial charge in [-0.05, 0) is 20.3 Å². The fraction of sp³-hybridized carbons (Fsp3) is 0.917. The molecular weight excluding hydrogens is 240 g/mol. The van der Waals surface area contributed by atoms with Crippen molar-refractivity contribution in [2.75, 3.05) is 18.1 Å². The molecule has 0 saturated heterocycles. The third kappa shape index (κ3) is 10.5. The van der Waals surface area contributed by atoms with Crippen LogP contribution in [0.2, 0.25) is 0 Å². The van der Waals surface area contributed by atoms with E-state index >= 15 is 0 Å². The molecule has 0 aliphatic carbocycles. The third-order valence-electron chi connectivity index (χ3n) is 2.05. The van der Waals surface area contributed by atoms with Crippen LogP contribution in [-0.4, -0.2) is 40.5 Å². The fourth-order valence-corrected chi connectivity index (χ4v) is 2.60. The SMILES string of the molecule is CCCC[S@@](=O)C[C@H](COC(C)C)OC(C)=O. The van der Waals surface area contributed by atoms with Crippen LogP contribution in [0.3, 0.4) is 0 Å². The molecule has 102 valence electrons. The van der Waals surface area contributed by atoms with Crippen LogP contribution in [0.15, 0.2) is 0 Å². The van der Waals surface area contributed by atoms with Crippen molar-refractivity contribution in [3.05, 3.63) is 0 Å². The number of carbonyl (C=O) groups is 1. The molecule has 0 aliphatic rings. The van der Waals surface area contributed by atoms with E-state index in [2.05, 4.69) is 6.92 Å². The minimum atomic E-state index is -0.938. The van der Waals surface area contributed by atoms with Crippen LogP contribution >= 0.6 is 0 Å². The molecule has 0 unspecified atom stereocenters. The standard InChI is InChI=1S/C12H24O4S/c1-5-6-7-17(14)9-12(16-11(4)13)8-15-10(2)3/h10,12H,5-9H2,1-4H3/t12-,17+/m0/s1. The molecule has 0 fully saturated rings. The van der Waals surface area contributed by atoms with Crippen LogP contribution in [0.5, 0.6) is 0 Å². The second kappa shape index (κ2) is 9.59. The molecule has 0 saturated carbocycles. The number of hydrogen-bond donors (Lipinski definition) is 0. The van der Waals surface area contributed by atoms with Crippen LogP contribution in [-0.2, 0) is 25.1 Å². The minimum absolute atomic E-state index is 0.0807. The van der Waals surface area contributed by atoms with E-state index in [1.807, 2.05) is 13.8 Å². The number of unbranched alkanes of at least 4 members (excludes halogenated alkanes) is 1. The molecule has 0 N–H and O–H groups in total. The van der Waals surface area contributed by atoms with E-state index in [4.69, 9.17) is 9.47 Å². The first kappa shape index (κ1) is 16.6. The van der Waals surface area contributed by atoms with Crippen LogP contribution < -0.4 is 0 Å². The summed E-state index contributed by atoms with van der Waals surface area (Å²) in [5.41, 5.74) is 0. The predicted molar refractivity (Wildman–Crippen MR) is 69.4 cm³/mol. The number of rotatable bonds is 9. The van der Waals surface area contributed by atoms with Crippen molar-refractivity contribution in [3.8, 4) is 0 Å². The van der Waals surface area contributed by atoms with Gasteiger partial charge in [-0.25, -0.2) is 0 Å². The zero-order valence-electron chi connectivity index (χ0n) is 11.2. The fourth-order valence-electron chi connectivity index (χ4n) is 1.25. The minimum Gasteiger partial charge on any atom is -0.459 e. The predicted octanol–water partition coefficient (Wildman–Crippen LogP) is 1.89. The van der Waals surface area contributed by atoms with Crippen molar-refractivity contribution < 1.29 is 18.5 Å². The van der Waals surface area contributed by atoms with Gasteiger partial charge in [0, 0.05) is 23.5 Å². The Kier molecular flexibility index (Phi) is 9.36. The zero-order valence-corrected chi connectivity index (χ0v) is 12.0. The van der Waals surface area contributed by atoms with Crippen molar-refractivity contribution in [2.24, 2.45) is 0 Å². The summed E-state index contributed by atoms with van der Waals surface area (Å²) in [6.07, 6.45) is 1.64. The Morgan fingerprint density at radius 1 is 1.35 bits per heavy atom. The summed E-state index contributed by atoms with van der Waals surface area (Å²) in [6, 6.07) is 0. The van der Waals surface area contributed by atoms with Gasteiger partial charge in [0.25, 0.3) is 0 Å². The Bertz CT molecular complexity index is 241. The topological polar surface area (TPSA) is 52.6 Å². The van der Waals surface area contributed by atoms with Crippen molar-refractivity contribution in [1.82, 2.24) is 0 Å². The van der Waals surface area contributed by atoms with Crippen molar-refractivity contribution >= 4 is 16.8 Å². The van der Waals surface area contributed by atoms with E-state index in [0.29, 0.717) is 18.1 Å². The molecule has 17 heavy (non-hydrogen) atoms. The first-order valence-electron chi connectivity index (χ1n) is 6.09. The van der Waals surface area contributed by atoms with Gasteiger partial charge < -0.3 is 9.47 Å². The molecule has 0 radical (unpaired) electrons. The number of ether oxygens (including phenoxy) is 2. The molecule has 4 nitrogen and oxygen atoms in total. The maximum atomic E-state index is 11.7. The molecule has 0 aromatic rings. The van der Waals surface area contributed by atoms with Crippen molar-refractivity contribution in [1.29, 1.82) is 0 Å². The zero-order chi connectivity index (χ0) is 13.3. The highest BCUT2D eigenvalue weighted by Crippen LogP contribution is 2.02. The number of esters is 1. The molecule has 0 spiro atoms. The van der Waals surface area contributed by atoms with Crippen molar-refractivity contribution in [2.45, 2.75) is 52.7 Å². The summed E-state index contributed by atoms with van der Waals surface area (Å²) >= 11 is 0. The second-order valence-corrected chi connectivity index (χ2v) is 5.90. The third-order valence-corrected chi connectivity index (χ3v) is 3.53. The molecule has 0 aromatic carbocycles. The highest BCUT2D eigenvalue weighted by Gasteiger charge is 2.16. The smallest absolute Gasteiger partial charge is 0.303 e. The molecule has 2 atom stereocenters. The molecular formula is C12H24O4S. The average molecular weight is 264 g/mol. The Morgan fingerprint density at radius 3 is 2.47 bits per heavy atom. The molecule has 0 bridgehead atoms. The lowest BCUT2D eigenvalue weighted by atomic mass is 10.4. The Labute approximate surface area is 107 Å². The van der Waals surface area contributed by atoms with Gasteiger partial charge in [-0.2, -0.15) is 0 Å². The lowest BCUT2D eigenvalue weighted by Crippen LogP contribution is -2.30. The second-order valence-electron chi connectivity index (χ2n) is 4.28. The molecule has 0 aliphatic heterocycles. The maximum absolute atomic E-state index is 11.7. The van der Waals surface area contributed by atoms with E-state index in [0.717, 1.165) is 12.8 Å².